The van der Waals surface area contributed by atoms with E-state index in [1.165, 1.54) is 0 Å². The molecule has 6 heteroatoms. The summed E-state index contributed by atoms with van der Waals surface area (Å²) in [6, 6.07) is 11.6. The van der Waals surface area contributed by atoms with Gasteiger partial charge in [0.05, 0.1) is 0 Å². The van der Waals surface area contributed by atoms with Crippen molar-refractivity contribution in [2.45, 2.75) is 40.0 Å². The van der Waals surface area contributed by atoms with Gasteiger partial charge in [0, 0.05) is 0 Å². The summed E-state index contributed by atoms with van der Waals surface area (Å²) in [5, 5.41) is 0. The van der Waals surface area contributed by atoms with Gasteiger partial charge in [-0.25, -0.2) is 4.79 Å². The van der Waals surface area contributed by atoms with E-state index in [0.29, 0.717) is 0 Å². The van der Waals surface area contributed by atoms with Gasteiger partial charge in [-0.2, -0.15) is 13.2 Å². The molecule has 3 nitrogen and oxygen atoms in total. The van der Waals surface area contributed by atoms with Crippen LogP contribution in [0.1, 0.15) is 39.5 Å². The van der Waals surface area contributed by atoms with Gasteiger partial charge in [0.25, 0.3) is 0 Å². The third kappa shape index (κ3) is 5.57. The molecule has 0 amide bonds. The summed E-state index contributed by atoms with van der Waals surface area (Å²) in [6.07, 6.45) is -5.14. The second-order valence-corrected chi connectivity index (χ2v) is 6.58. The van der Waals surface area contributed by atoms with Gasteiger partial charge in [0.1, 0.15) is 12.7 Å². The summed E-state index contributed by atoms with van der Waals surface area (Å²) in [7, 11) is 0. The van der Waals surface area contributed by atoms with Crippen LogP contribution in [0.5, 0.6) is 0 Å². The highest BCUT2D eigenvalue weighted by molar-refractivity contribution is 5.70. The molecule has 0 radical (unpaired) electrons. The normalized spacial score (nSPS) is 11.7. The third-order valence-corrected chi connectivity index (χ3v) is 4.37. The van der Waals surface area contributed by atoms with E-state index in [1.807, 2.05) is 64.1 Å². The first-order chi connectivity index (χ1) is 12.6. The van der Waals surface area contributed by atoms with Crippen molar-refractivity contribution in [3.63, 3.8) is 0 Å². The van der Waals surface area contributed by atoms with E-state index in [-0.39, 0.29) is 0 Å². The lowest BCUT2D eigenvalue weighted by Gasteiger charge is -2.25. The summed E-state index contributed by atoms with van der Waals surface area (Å²) in [5.74, 6) is -1.05. The topological polar surface area (TPSA) is 35.5 Å². The van der Waals surface area contributed by atoms with Crippen LogP contribution in [0.15, 0.2) is 36.4 Å². The van der Waals surface area contributed by atoms with Crippen molar-refractivity contribution >= 4 is 5.97 Å². The Bertz CT molecular complexity index is 721. The van der Waals surface area contributed by atoms with Crippen LogP contribution in [0.3, 0.4) is 0 Å². The zero-order valence-electron chi connectivity index (χ0n) is 15.8. The smallest absolute Gasteiger partial charge is 0.422 e. The molecule has 0 bridgehead atoms. The first-order valence-corrected chi connectivity index (χ1v) is 8.56. The van der Waals surface area contributed by atoms with E-state index >= 15 is 0 Å². The van der Waals surface area contributed by atoms with Gasteiger partial charge in [0.15, 0.2) is 6.61 Å². The van der Waals surface area contributed by atoms with Crippen molar-refractivity contribution in [1.29, 1.82) is 0 Å². The van der Waals surface area contributed by atoms with Gasteiger partial charge in [-0.3, -0.25) is 0 Å². The Morgan fingerprint density at radius 2 is 1.30 bits per heavy atom. The Morgan fingerprint density at radius 3 is 1.67 bits per heavy atom. The molecule has 0 N–H and O–H groups in total. The summed E-state index contributed by atoms with van der Waals surface area (Å²) >= 11 is 0. The van der Waals surface area contributed by atoms with Crippen LogP contribution in [0.4, 0.5) is 13.2 Å². The van der Waals surface area contributed by atoms with Crippen molar-refractivity contribution in [2.75, 3.05) is 13.2 Å². The van der Waals surface area contributed by atoms with E-state index in [9.17, 15) is 18.0 Å². The van der Waals surface area contributed by atoms with Crippen LogP contribution < -0.4 is 0 Å². The molecule has 0 saturated heterocycles. The molecular formula is C21H23F3O3. The molecule has 2 aromatic carbocycles. The number of ether oxygens (including phenoxy) is 2. The van der Waals surface area contributed by atoms with E-state index < -0.39 is 31.5 Å². The van der Waals surface area contributed by atoms with Gasteiger partial charge in [-0.05, 0) is 61.1 Å². The number of carbonyl (C=O) groups excluding carboxylic acids is 1. The molecule has 0 atom stereocenters. The van der Waals surface area contributed by atoms with Crippen molar-refractivity contribution in [2.24, 2.45) is 0 Å². The minimum Gasteiger partial charge on any atom is -0.454 e. The summed E-state index contributed by atoms with van der Waals surface area (Å²) in [5.41, 5.74) is 5.72. The maximum Gasteiger partial charge on any atom is 0.422 e. The molecule has 146 valence electrons. The molecule has 0 aromatic heterocycles. The molecule has 0 saturated carbocycles. The van der Waals surface area contributed by atoms with Crippen molar-refractivity contribution in [1.82, 2.24) is 0 Å². The third-order valence-electron chi connectivity index (χ3n) is 4.37. The number of rotatable bonds is 6. The Labute approximate surface area is 157 Å². The second-order valence-electron chi connectivity index (χ2n) is 6.58. The molecule has 0 aliphatic heterocycles. The Balaban J connectivity index is 2.33. The first kappa shape index (κ1) is 21.0. The van der Waals surface area contributed by atoms with Crippen molar-refractivity contribution < 1.29 is 27.4 Å². The van der Waals surface area contributed by atoms with Crippen LogP contribution >= 0.6 is 0 Å². The molecule has 2 aromatic rings. The molecule has 0 unspecified atom stereocenters. The number of aryl methyl sites for hydroxylation is 4. The highest BCUT2D eigenvalue weighted by atomic mass is 19.4. The first-order valence-electron chi connectivity index (χ1n) is 8.56. The predicted octanol–water partition coefficient (Wildman–Crippen LogP) is 5.13. The summed E-state index contributed by atoms with van der Waals surface area (Å²) < 4.78 is 46.8. The molecule has 0 spiro atoms. The number of esters is 1. The standard InChI is InChI=1S/C21H23F3O3/c1-13-7-5-8-14(2)18(13)20(19-15(3)9-6-10-16(19)4)26-11-17(25)27-12-21(22,23)24/h5-10,20H,11-12H2,1-4H3. The fraction of sp³-hybridized carbons (Fsp3) is 0.381. The Morgan fingerprint density at radius 1 is 0.889 bits per heavy atom. The van der Waals surface area contributed by atoms with Crippen LogP contribution in [-0.2, 0) is 14.3 Å². The summed E-state index contributed by atoms with van der Waals surface area (Å²) in [6.45, 7) is 5.57. The van der Waals surface area contributed by atoms with E-state index in [1.54, 1.807) is 0 Å². The van der Waals surface area contributed by atoms with Crippen LogP contribution in [0, 0.1) is 27.7 Å². The largest absolute Gasteiger partial charge is 0.454 e. The average molecular weight is 380 g/mol. The quantitative estimate of drug-likeness (QED) is 0.652. The highest BCUT2D eigenvalue weighted by Crippen LogP contribution is 2.34. The van der Waals surface area contributed by atoms with Crippen LogP contribution in [-0.4, -0.2) is 25.4 Å². The van der Waals surface area contributed by atoms with Crippen molar-refractivity contribution in [3.8, 4) is 0 Å². The van der Waals surface area contributed by atoms with Crippen LogP contribution in [0.2, 0.25) is 0 Å². The number of benzene rings is 2. The van der Waals surface area contributed by atoms with E-state index in [4.69, 9.17) is 4.74 Å². The van der Waals surface area contributed by atoms with E-state index in [2.05, 4.69) is 4.74 Å². The van der Waals surface area contributed by atoms with Crippen LogP contribution in [0.25, 0.3) is 0 Å². The molecule has 27 heavy (non-hydrogen) atoms. The molecule has 2 rings (SSSR count). The molecular weight excluding hydrogens is 357 g/mol. The van der Waals surface area contributed by atoms with Gasteiger partial charge in [0.2, 0.25) is 0 Å². The zero-order chi connectivity index (χ0) is 20.2. The van der Waals surface area contributed by atoms with E-state index in [0.717, 1.165) is 33.4 Å². The Kier molecular flexibility index (Phi) is 6.65. The molecule has 0 heterocycles. The molecule has 0 fully saturated rings. The minimum atomic E-state index is -4.56. The zero-order valence-corrected chi connectivity index (χ0v) is 15.8. The SMILES string of the molecule is Cc1cccc(C)c1C(OCC(=O)OCC(F)(F)F)c1c(C)cccc1C. The number of hydrogen-bond donors (Lipinski definition) is 0. The number of alkyl halides is 3. The number of halogens is 3. The van der Waals surface area contributed by atoms with Gasteiger partial charge in [-0.1, -0.05) is 36.4 Å². The lowest BCUT2D eigenvalue weighted by Crippen LogP contribution is -2.24. The lowest BCUT2D eigenvalue weighted by molar-refractivity contribution is -0.189. The summed E-state index contributed by atoms with van der Waals surface area (Å²) in [4.78, 5) is 11.7. The minimum absolute atomic E-state index is 0.567. The number of hydrogen-bond acceptors (Lipinski definition) is 3. The second kappa shape index (κ2) is 8.57. The number of carbonyl (C=O) groups is 1. The van der Waals surface area contributed by atoms with Crippen molar-refractivity contribution in [3.05, 3.63) is 69.8 Å². The van der Waals surface area contributed by atoms with Gasteiger partial charge >= 0.3 is 12.1 Å². The van der Waals surface area contributed by atoms with Gasteiger partial charge in [-0.15, -0.1) is 0 Å². The van der Waals surface area contributed by atoms with Gasteiger partial charge < -0.3 is 9.47 Å². The Hall–Kier alpha value is -2.34. The maximum absolute atomic E-state index is 12.2. The fourth-order valence-corrected chi connectivity index (χ4v) is 3.15. The fourth-order valence-electron chi connectivity index (χ4n) is 3.15. The highest BCUT2D eigenvalue weighted by Gasteiger charge is 2.30. The lowest BCUT2D eigenvalue weighted by atomic mass is 9.89. The maximum atomic E-state index is 12.2. The average Bonchev–Trinajstić information content (AvgIpc) is 2.56. The molecule has 0 aliphatic carbocycles. The predicted molar refractivity (Wildman–Crippen MR) is 96.6 cm³/mol. The monoisotopic (exact) mass is 380 g/mol. The molecule has 0 aliphatic rings.